The molecule has 2 N–H and O–H groups in total. The second-order valence-corrected chi connectivity index (χ2v) is 6.35. The first-order valence-electron chi connectivity index (χ1n) is 8.89. The highest BCUT2D eigenvalue weighted by molar-refractivity contribution is 14.0. The lowest BCUT2D eigenvalue weighted by Gasteiger charge is -2.18. The molecule has 0 saturated heterocycles. The molecule has 2 rings (SSSR count). The standard InChI is InChI=1S/C21H28FN3O.HI/c1-16(9-10-17-7-5-4-6-8-17)25-21(23-2)24-14-18-11-12-20(22)19(13-18)15-26-3;/h4-8,11-13,16H,9-10,14-15H2,1-3H3,(H2,23,24,25);1H. The summed E-state index contributed by atoms with van der Waals surface area (Å²) in [7, 11) is 3.31. The molecule has 148 valence electrons. The van der Waals surface area contributed by atoms with Crippen LogP contribution >= 0.6 is 24.0 Å². The van der Waals surface area contributed by atoms with Crippen molar-refractivity contribution in [3.8, 4) is 0 Å². The molecule has 2 aromatic carbocycles. The van der Waals surface area contributed by atoms with Gasteiger partial charge in [-0.15, -0.1) is 24.0 Å². The van der Waals surface area contributed by atoms with Gasteiger partial charge < -0.3 is 15.4 Å². The number of rotatable bonds is 8. The van der Waals surface area contributed by atoms with Crippen LogP contribution in [-0.2, 0) is 24.3 Å². The summed E-state index contributed by atoms with van der Waals surface area (Å²) in [6, 6.07) is 15.8. The molecule has 1 atom stereocenters. The highest BCUT2D eigenvalue weighted by Gasteiger charge is 2.07. The van der Waals surface area contributed by atoms with E-state index in [1.807, 2.05) is 12.1 Å². The van der Waals surface area contributed by atoms with E-state index in [2.05, 4.69) is 46.8 Å². The normalized spacial score (nSPS) is 12.2. The van der Waals surface area contributed by atoms with E-state index in [4.69, 9.17) is 4.74 Å². The molecule has 0 fully saturated rings. The average Bonchev–Trinajstić information content (AvgIpc) is 2.66. The fourth-order valence-electron chi connectivity index (χ4n) is 2.72. The van der Waals surface area contributed by atoms with Crippen LogP contribution in [0.2, 0.25) is 0 Å². The van der Waals surface area contributed by atoms with Crippen LogP contribution in [0.3, 0.4) is 0 Å². The Hall–Kier alpha value is -1.67. The summed E-state index contributed by atoms with van der Waals surface area (Å²) in [5.74, 6) is 0.496. The van der Waals surface area contributed by atoms with E-state index in [1.54, 1.807) is 20.2 Å². The molecule has 0 aliphatic carbocycles. The Balaban J connectivity index is 0.00000364. The second kappa shape index (κ2) is 12.7. The lowest BCUT2D eigenvalue weighted by molar-refractivity contribution is 0.181. The summed E-state index contributed by atoms with van der Waals surface area (Å²) in [5.41, 5.74) is 2.88. The Labute approximate surface area is 178 Å². The van der Waals surface area contributed by atoms with Crippen molar-refractivity contribution in [3.05, 3.63) is 71.0 Å². The monoisotopic (exact) mass is 485 g/mol. The molecular formula is C21H29FIN3O. The van der Waals surface area contributed by atoms with Crippen LogP contribution < -0.4 is 10.6 Å². The zero-order valence-corrected chi connectivity index (χ0v) is 18.5. The Kier molecular flexibility index (Phi) is 11.0. The van der Waals surface area contributed by atoms with Gasteiger partial charge in [0, 0.05) is 32.3 Å². The molecule has 0 aliphatic heterocycles. The van der Waals surface area contributed by atoms with Gasteiger partial charge in [0.1, 0.15) is 5.82 Å². The Morgan fingerprint density at radius 1 is 1.15 bits per heavy atom. The molecule has 0 amide bonds. The first-order chi connectivity index (χ1) is 12.6. The zero-order valence-electron chi connectivity index (χ0n) is 16.2. The Bertz CT molecular complexity index is 710. The Morgan fingerprint density at radius 3 is 2.56 bits per heavy atom. The topological polar surface area (TPSA) is 45.7 Å². The smallest absolute Gasteiger partial charge is 0.191 e. The van der Waals surface area contributed by atoms with Crippen molar-refractivity contribution in [2.24, 2.45) is 4.99 Å². The number of aliphatic imine (C=N–C) groups is 1. The van der Waals surface area contributed by atoms with Crippen molar-refractivity contribution < 1.29 is 9.13 Å². The van der Waals surface area contributed by atoms with Crippen molar-refractivity contribution in [1.82, 2.24) is 10.6 Å². The maximum absolute atomic E-state index is 13.7. The molecular weight excluding hydrogens is 456 g/mol. The predicted octanol–water partition coefficient (Wildman–Crippen LogP) is 4.28. The minimum atomic E-state index is -0.243. The first kappa shape index (κ1) is 23.4. The molecule has 0 saturated carbocycles. The van der Waals surface area contributed by atoms with Gasteiger partial charge in [0.05, 0.1) is 6.61 Å². The number of methoxy groups -OCH3 is 1. The van der Waals surface area contributed by atoms with Gasteiger partial charge in [-0.2, -0.15) is 0 Å². The SMILES string of the molecule is CN=C(NCc1ccc(F)c(COC)c1)NC(C)CCc1ccccc1.I. The maximum Gasteiger partial charge on any atom is 0.191 e. The fourth-order valence-corrected chi connectivity index (χ4v) is 2.72. The number of nitrogens with zero attached hydrogens (tertiary/aromatic N) is 1. The van der Waals surface area contributed by atoms with Gasteiger partial charge in [-0.25, -0.2) is 4.39 Å². The molecule has 4 nitrogen and oxygen atoms in total. The first-order valence-corrected chi connectivity index (χ1v) is 8.89. The van der Waals surface area contributed by atoms with Crippen LogP contribution in [0.4, 0.5) is 4.39 Å². The minimum Gasteiger partial charge on any atom is -0.380 e. The van der Waals surface area contributed by atoms with Gasteiger partial charge >= 0.3 is 0 Å². The number of aryl methyl sites for hydroxylation is 1. The highest BCUT2D eigenvalue weighted by Crippen LogP contribution is 2.11. The molecule has 0 bridgehead atoms. The third-order valence-corrected chi connectivity index (χ3v) is 4.19. The van der Waals surface area contributed by atoms with Crippen LogP contribution in [-0.4, -0.2) is 26.2 Å². The van der Waals surface area contributed by atoms with Gasteiger partial charge in [0.25, 0.3) is 0 Å². The van der Waals surface area contributed by atoms with Gasteiger partial charge in [-0.3, -0.25) is 4.99 Å². The maximum atomic E-state index is 13.7. The molecule has 0 spiro atoms. The van der Waals surface area contributed by atoms with Crippen molar-refractivity contribution in [2.45, 2.75) is 39.0 Å². The third kappa shape index (κ3) is 8.26. The predicted molar refractivity (Wildman–Crippen MR) is 120 cm³/mol. The summed E-state index contributed by atoms with van der Waals surface area (Å²) in [5, 5.41) is 6.68. The molecule has 6 heteroatoms. The summed E-state index contributed by atoms with van der Waals surface area (Å²) >= 11 is 0. The number of benzene rings is 2. The van der Waals surface area contributed by atoms with E-state index >= 15 is 0 Å². The summed E-state index contributed by atoms with van der Waals surface area (Å²) in [6.07, 6.45) is 2.03. The van der Waals surface area contributed by atoms with Crippen molar-refractivity contribution in [1.29, 1.82) is 0 Å². The molecule has 1 unspecified atom stereocenters. The van der Waals surface area contributed by atoms with Crippen molar-refractivity contribution >= 4 is 29.9 Å². The van der Waals surface area contributed by atoms with E-state index in [1.165, 1.54) is 11.6 Å². The summed E-state index contributed by atoms with van der Waals surface area (Å²) in [6.45, 7) is 2.98. The van der Waals surface area contributed by atoms with Gasteiger partial charge in [0.15, 0.2) is 5.96 Å². The van der Waals surface area contributed by atoms with Gasteiger partial charge in [-0.1, -0.05) is 36.4 Å². The number of halogens is 2. The van der Waals surface area contributed by atoms with E-state index in [0.29, 0.717) is 18.2 Å². The number of hydrogen-bond acceptors (Lipinski definition) is 2. The third-order valence-electron chi connectivity index (χ3n) is 4.19. The zero-order chi connectivity index (χ0) is 18.8. The van der Waals surface area contributed by atoms with Gasteiger partial charge in [0.2, 0.25) is 0 Å². The van der Waals surface area contributed by atoms with Gasteiger partial charge in [-0.05, 0) is 43.0 Å². The quantitative estimate of drug-likeness (QED) is 0.334. The Morgan fingerprint density at radius 2 is 1.89 bits per heavy atom. The number of ether oxygens (including phenoxy) is 1. The fraction of sp³-hybridized carbons (Fsp3) is 0.381. The van der Waals surface area contributed by atoms with E-state index in [9.17, 15) is 4.39 Å². The van der Waals surface area contributed by atoms with Crippen molar-refractivity contribution in [3.63, 3.8) is 0 Å². The molecule has 0 radical (unpaired) electrons. The number of nitrogens with one attached hydrogen (secondary N) is 2. The number of guanidine groups is 1. The minimum absolute atomic E-state index is 0. The molecule has 0 aromatic heterocycles. The lowest BCUT2D eigenvalue weighted by Crippen LogP contribution is -2.42. The van der Waals surface area contributed by atoms with Crippen LogP contribution in [0.25, 0.3) is 0 Å². The van der Waals surface area contributed by atoms with E-state index in [-0.39, 0.29) is 36.4 Å². The number of hydrogen-bond donors (Lipinski definition) is 2. The van der Waals surface area contributed by atoms with Crippen LogP contribution in [0.1, 0.15) is 30.0 Å². The van der Waals surface area contributed by atoms with Crippen LogP contribution in [0.5, 0.6) is 0 Å². The lowest BCUT2D eigenvalue weighted by atomic mass is 10.1. The van der Waals surface area contributed by atoms with E-state index in [0.717, 1.165) is 24.4 Å². The summed E-state index contributed by atoms with van der Waals surface area (Å²) < 4.78 is 18.7. The summed E-state index contributed by atoms with van der Waals surface area (Å²) in [4.78, 5) is 4.27. The highest BCUT2D eigenvalue weighted by atomic mass is 127. The molecule has 2 aromatic rings. The second-order valence-electron chi connectivity index (χ2n) is 6.35. The molecule has 0 heterocycles. The largest absolute Gasteiger partial charge is 0.380 e. The molecule has 0 aliphatic rings. The van der Waals surface area contributed by atoms with Crippen molar-refractivity contribution in [2.75, 3.05) is 14.2 Å². The van der Waals surface area contributed by atoms with Crippen LogP contribution in [0, 0.1) is 5.82 Å². The van der Waals surface area contributed by atoms with E-state index < -0.39 is 0 Å². The van der Waals surface area contributed by atoms with Crippen LogP contribution in [0.15, 0.2) is 53.5 Å². The average molecular weight is 485 g/mol. The molecule has 27 heavy (non-hydrogen) atoms.